The number of carbonyl (C=O) groups is 1. The highest BCUT2D eigenvalue weighted by molar-refractivity contribution is 7.15. The van der Waals surface area contributed by atoms with Gasteiger partial charge in [0.15, 0.2) is 10.2 Å². The minimum Gasteiger partial charge on any atom is -0.459 e. The van der Waals surface area contributed by atoms with Crippen molar-refractivity contribution in [2.75, 3.05) is 10.6 Å². The van der Waals surface area contributed by atoms with Crippen molar-refractivity contribution in [1.29, 1.82) is 0 Å². The Bertz CT molecular complexity index is 818. The first-order chi connectivity index (χ1) is 11.1. The molecule has 0 radical (unpaired) electrons. The Labute approximate surface area is 146 Å². The quantitative estimate of drug-likeness (QED) is 0.672. The van der Waals surface area contributed by atoms with E-state index in [1.165, 1.54) is 17.6 Å². The third kappa shape index (κ3) is 4.04. The topological polar surface area (TPSA) is 67.2 Å². The number of hydrogen-bond acceptors (Lipinski definition) is 5. The van der Waals surface area contributed by atoms with Crippen LogP contribution in [0.25, 0.3) is 0 Å². The smallest absolute Gasteiger partial charge is 0.291 e. The van der Waals surface area contributed by atoms with Crippen LogP contribution in [0.3, 0.4) is 0 Å². The largest absolute Gasteiger partial charge is 0.459 e. The molecule has 0 saturated carbocycles. The van der Waals surface area contributed by atoms with E-state index in [1.54, 1.807) is 30.5 Å². The van der Waals surface area contributed by atoms with Gasteiger partial charge in [-0.15, -0.1) is 11.3 Å². The number of thiazole rings is 1. The van der Waals surface area contributed by atoms with Gasteiger partial charge in [0.1, 0.15) is 0 Å². The van der Waals surface area contributed by atoms with E-state index in [0.29, 0.717) is 21.7 Å². The van der Waals surface area contributed by atoms with Crippen LogP contribution in [0.1, 0.15) is 15.4 Å². The summed E-state index contributed by atoms with van der Waals surface area (Å²) >= 11 is 13.4. The summed E-state index contributed by atoms with van der Waals surface area (Å²) in [5, 5.41) is 6.35. The van der Waals surface area contributed by atoms with E-state index in [-0.39, 0.29) is 11.7 Å². The number of hydrogen-bond donors (Lipinski definition) is 2. The van der Waals surface area contributed by atoms with Gasteiger partial charge in [-0.1, -0.05) is 23.2 Å². The van der Waals surface area contributed by atoms with E-state index in [1.807, 2.05) is 6.07 Å². The lowest BCUT2D eigenvalue weighted by Crippen LogP contribution is -2.11. The Kier molecular flexibility index (Phi) is 4.85. The second kappa shape index (κ2) is 7.04. The van der Waals surface area contributed by atoms with Crippen LogP contribution >= 0.6 is 34.5 Å². The zero-order valence-corrected chi connectivity index (χ0v) is 14.0. The maximum absolute atomic E-state index is 11.9. The standard InChI is InChI=1S/C15H11Cl2N3O2S/c16-11-6-9(18-7-10-8-19-15(17)23-10)3-4-12(11)20-14(21)13-2-1-5-22-13/h1-6,8,18H,7H2,(H,20,21). The molecule has 0 fully saturated rings. The average molecular weight is 368 g/mol. The molecule has 0 aliphatic rings. The third-order valence-corrected chi connectivity index (χ3v) is 4.38. The second-order valence-corrected chi connectivity index (χ2v) is 6.66. The molecule has 0 saturated heterocycles. The van der Waals surface area contributed by atoms with Crippen LogP contribution in [0, 0.1) is 0 Å². The summed E-state index contributed by atoms with van der Waals surface area (Å²) in [7, 11) is 0. The molecule has 2 heterocycles. The van der Waals surface area contributed by atoms with Crippen LogP contribution < -0.4 is 10.6 Å². The Balaban J connectivity index is 1.64. The molecule has 3 rings (SSSR count). The third-order valence-electron chi connectivity index (χ3n) is 2.95. The number of nitrogens with zero attached hydrogens (tertiary/aromatic N) is 1. The first-order valence-electron chi connectivity index (χ1n) is 6.60. The van der Waals surface area contributed by atoms with E-state index < -0.39 is 0 Å². The fourth-order valence-corrected chi connectivity index (χ4v) is 3.02. The van der Waals surface area contributed by atoms with Gasteiger partial charge in [-0.3, -0.25) is 4.79 Å². The summed E-state index contributed by atoms with van der Waals surface area (Å²) in [6, 6.07) is 8.52. The molecule has 0 atom stereocenters. The van der Waals surface area contributed by atoms with Crippen molar-refractivity contribution < 1.29 is 9.21 Å². The van der Waals surface area contributed by atoms with Crippen molar-refractivity contribution in [3.05, 3.63) is 62.9 Å². The van der Waals surface area contributed by atoms with E-state index >= 15 is 0 Å². The van der Waals surface area contributed by atoms with Gasteiger partial charge in [0.25, 0.3) is 5.91 Å². The number of furan rings is 1. The molecule has 0 spiro atoms. The molecule has 0 aliphatic heterocycles. The van der Waals surface area contributed by atoms with Gasteiger partial charge in [0.05, 0.1) is 23.5 Å². The zero-order valence-electron chi connectivity index (χ0n) is 11.7. The highest BCUT2D eigenvalue weighted by atomic mass is 35.5. The monoisotopic (exact) mass is 367 g/mol. The number of halogens is 2. The second-order valence-electron chi connectivity index (χ2n) is 4.56. The number of rotatable bonds is 5. The molecule has 3 aromatic rings. The molecule has 118 valence electrons. The van der Waals surface area contributed by atoms with Crippen LogP contribution in [-0.4, -0.2) is 10.9 Å². The predicted octanol–water partition coefficient (Wildman–Crippen LogP) is 4.91. The SMILES string of the molecule is O=C(Nc1ccc(NCc2cnc(Cl)s2)cc1Cl)c1ccco1. The molecule has 8 heteroatoms. The summed E-state index contributed by atoms with van der Waals surface area (Å²) < 4.78 is 5.55. The van der Waals surface area contributed by atoms with Crippen LogP contribution in [0.2, 0.25) is 9.49 Å². The zero-order chi connectivity index (χ0) is 16.2. The number of nitrogens with one attached hydrogen (secondary N) is 2. The number of carbonyl (C=O) groups excluding carboxylic acids is 1. The van der Waals surface area contributed by atoms with E-state index in [0.717, 1.165) is 10.6 Å². The fraction of sp³-hybridized carbons (Fsp3) is 0.0667. The number of benzene rings is 1. The molecule has 2 N–H and O–H groups in total. The molecule has 5 nitrogen and oxygen atoms in total. The van der Waals surface area contributed by atoms with Gasteiger partial charge in [-0.2, -0.15) is 0 Å². The minimum absolute atomic E-state index is 0.227. The Morgan fingerprint density at radius 1 is 1.30 bits per heavy atom. The molecular formula is C15H11Cl2N3O2S. The van der Waals surface area contributed by atoms with Crippen molar-refractivity contribution in [2.45, 2.75) is 6.54 Å². The maximum atomic E-state index is 11.9. The van der Waals surface area contributed by atoms with Crippen molar-refractivity contribution in [2.24, 2.45) is 0 Å². The van der Waals surface area contributed by atoms with Crippen molar-refractivity contribution >= 4 is 51.8 Å². The number of amides is 1. The summed E-state index contributed by atoms with van der Waals surface area (Å²) in [5.74, 6) is -0.123. The van der Waals surface area contributed by atoms with Crippen LogP contribution in [0.4, 0.5) is 11.4 Å². The summed E-state index contributed by atoms with van der Waals surface area (Å²) in [6.45, 7) is 0.596. The molecule has 0 bridgehead atoms. The van der Waals surface area contributed by atoms with Gasteiger partial charge in [-0.05, 0) is 30.3 Å². The Hall–Kier alpha value is -2.02. The normalized spacial score (nSPS) is 10.5. The lowest BCUT2D eigenvalue weighted by Gasteiger charge is -2.09. The van der Waals surface area contributed by atoms with Gasteiger partial charge < -0.3 is 15.1 Å². The lowest BCUT2D eigenvalue weighted by molar-refractivity contribution is 0.0996. The molecule has 23 heavy (non-hydrogen) atoms. The molecule has 1 aromatic carbocycles. The van der Waals surface area contributed by atoms with Gasteiger partial charge >= 0.3 is 0 Å². The summed E-state index contributed by atoms with van der Waals surface area (Å²) in [5.41, 5.74) is 1.34. The maximum Gasteiger partial charge on any atom is 0.291 e. The molecule has 0 aliphatic carbocycles. The van der Waals surface area contributed by atoms with Gasteiger partial charge in [0, 0.05) is 16.8 Å². The van der Waals surface area contributed by atoms with Crippen LogP contribution in [0.15, 0.2) is 47.2 Å². The summed E-state index contributed by atoms with van der Waals surface area (Å²) in [4.78, 5) is 16.9. The van der Waals surface area contributed by atoms with Gasteiger partial charge in [0.2, 0.25) is 0 Å². The average Bonchev–Trinajstić information content (AvgIpc) is 3.19. The van der Waals surface area contributed by atoms with E-state index in [2.05, 4.69) is 15.6 Å². The number of aromatic nitrogens is 1. The van der Waals surface area contributed by atoms with Gasteiger partial charge in [-0.25, -0.2) is 4.98 Å². The first-order valence-corrected chi connectivity index (χ1v) is 8.17. The molecule has 0 unspecified atom stereocenters. The predicted molar refractivity (Wildman–Crippen MR) is 92.6 cm³/mol. The highest BCUT2D eigenvalue weighted by Crippen LogP contribution is 2.27. The van der Waals surface area contributed by atoms with Crippen molar-refractivity contribution in [1.82, 2.24) is 4.98 Å². The Morgan fingerprint density at radius 2 is 2.17 bits per heavy atom. The van der Waals surface area contributed by atoms with Crippen LogP contribution in [0.5, 0.6) is 0 Å². The molecular weight excluding hydrogens is 357 g/mol. The summed E-state index contributed by atoms with van der Waals surface area (Å²) in [6.07, 6.45) is 3.16. The van der Waals surface area contributed by atoms with E-state index in [9.17, 15) is 4.79 Å². The molecule has 1 amide bonds. The van der Waals surface area contributed by atoms with Crippen LogP contribution in [-0.2, 0) is 6.54 Å². The van der Waals surface area contributed by atoms with Crippen molar-refractivity contribution in [3.63, 3.8) is 0 Å². The number of anilines is 2. The Morgan fingerprint density at radius 3 is 2.83 bits per heavy atom. The van der Waals surface area contributed by atoms with E-state index in [4.69, 9.17) is 27.6 Å². The van der Waals surface area contributed by atoms with Crippen molar-refractivity contribution in [3.8, 4) is 0 Å². The highest BCUT2D eigenvalue weighted by Gasteiger charge is 2.11. The fourth-order valence-electron chi connectivity index (χ4n) is 1.87. The lowest BCUT2D eigenvalue weighted by atomic mass is 10.2. The minimum atomic E-state index is -0.350. The molecule has 2 aromatic heterocycles. The first kappa shape index (κ1) is 15.9.